The zero-order valence-electron chi connectivity index (χ0n) is 24.8. The van der Waals surface area contributed by atoms with Gasteiger partial charge in [-0.15, -0.1) is 0 Å². The van der Waals surface area contributed by atoms with Gasteiger partial charge in [-0.05, 0) is 105 Å². The molecular weight excluding hydrogens is 530 g/mol. The predicted octanol–water partition coefficient (Wildman–Crippen LogP) is 11.9. The topological polar surface area (TPSA) is 3.24 Å². The maximum atomic E-state index is 2.46. The lowest BCUT2D eigenvalue weighted by atomic mass is 9.83. The van der Waals surface area contributed by atoms with E-state index in [9.17, 15) is 0 Å². The molecule has 1 heteroatoms. The van der Waals surface area contributed by atoms with Crippen LogP contribution in [-0.2, 0) is 0 Å². The molecule has 1 unspecified atom stereocenters. The Hall–Kier alpha value is -5.40. The normalized spacial score (nSPS) is 14.7. The summed E-state index contributed by atoms with van der Waals surface area (Å²) in [5.74, 6) is 0.287. The van der Waals surface area contributed by atoms with Gasteiger partial charge in [-0.3, -0.25) is 0 Å². The monoisotopic (exact) mass is 563 g/mol. The summed E-state index contributed by atoms with van der Waals surface area (Å²) in [6.07, 6.45) is 8.07. The quantitative estimate of drug-likeness (QED) is 0.188. The van der Waals surface area contributed by atoms with Crippen LogP contribution in [-0.4, -0.2) is 0 Å². The standard InChI is InChI=1S/C43H33N/c1-30-20-24-35(25-21-30)44(34-14-6-3-7-15-34)36-26-22-32(23-27-36)42-29-33-28-41(31-12-4-2-5-13-31)37-16-8-10-18-39(37)43(33)40-19-11-9-17-38(40)42/h2-22,24-29,32H,23H2,1H3. The first kappa shape index (κ1) is 26.2. The zero-order chi connectivity index (χ0) is 29.5. The molecule has 1 atom stereocenters. The first-order valence-corrected chi connectivity index (χ1v) is 15.5. The molecule has 7 aromatic carbocycles. The van der Waals surface area contributed by atoms with Crippen molar-refractivity contribution in [2.75, 3.05) is 4.90 Å². The van der Waals surface area contributed by atoms with Gasteiger partial charge in [-0.1, -0.05) is 127 Å². The first-order chi connectivity index (χ1) is 21.7. The van der Waals surface area contributed by atoms with E-state index >= 15 is 0 Å². The highest BCUT2D eigenvalue weighted by Gasteiger charge is 2.21. The number of para-hydroxylation sites is 1. The molecule has 1 aliphatic carbocycles. The third-order valence-electron chi connectivity index (χ3n) is 9.02. The first-order valence-electron chi connectivity index (χ1n) is 15.5. The van der Waals surface area contributed by atoms with E-state index in [1.807, 2.05) is 0 Å². The molecule has 0 bridgehead atoms. The highest BCUT2D eigenvalue weighted by molar-refractivity contribution is 6.24. The number of anilines is 2. The van der Waals surface area contributed by atoms with E-state index in [1.54, 1.807) is 0 Å². The number of hydrogen-bond acceptors (Lipinski definition) is 1. The zero-order valence-corrected chi connectivity index (χ0v) is 24.8. The lowest BCUT2D eigenvalue weighted by Crippen LogP contribution is -2.17. The predicted molar refractivity (Wildman–Crippen MR) is 189 cm³/mol. The molecule has 0 amide bonds. The van der Waals surface area contributed by atoms with Crippen LogP contribution in [0.4, 0.5) is 11.4 Å². The third kappa shape index (κ3) is 4.58. The molecule has 8 rings (SSSR count). The molecule has 7 aromatic rings. The highest BCUT2D eigenvalue weighted by atomic mass is 15.1. The fourth-order valence-electron chi connectivity index (χ4n) is 6.90. The van der Waals surface area contributed by atoms with Crippen molar-refractivity contribution in [1.82, 2.24) is 0 Å². The summed E-state index contributed by atoms with van der Waals surface area (Å²) in [6.45, 7) is 2.14. The Morgan fingerprint density at radius 1 is 0.568 bits per heavy atom. The van der Waals surface area contributed by atoms with E-state index in [1.165, 1.54) is 71.6 Å². The highest BCUT2D eigenvalue weighted by Crippen LogP contribution is 2.43. The maximum Gasteiger partial charge on any atom is 0.0461 e. The van der Waals surface area contributed by atoms with Crippen LogP contribution >= 0.6 is 0 Å². The largest absolute Gasteiger partial charge is 0.311 e. The van der Waals surface area contributed by atoms with Gasteiger partial charge in [0, 0.05) is 23.0 Å². The maximum absolute atomic E-state index is 2.46. The Balaban J connectivity index is 1.26. The van der Waals surface area contributed by atoms with Crippen LogP contribution in [0.5, 0.6) is 0 Å². The summed E-state index contributed by atoms with van der Waals surface area (Å²) in [7, 11) is 0. The molecule has 1 nitrogen and oxygen atoms in total. The number of fused-ring (bicyclic) bond motifs is 5. The molecule has 0 N–H and O–H groups in total. The molecule has 0 spiro atoms. The molecule has 0 aliphatic heterocycles. The summed E-state index contributed by atoms with van der Waals surface area (Å²) in [5, 5.41) is 7.90. The minimum atomic E-state index is 0.287. The van der Waals surface area contributed by atoms with E-state index in [0.29, 0.717) is 0 Å². The van der Waals surface area contributed by atoms with Gasteiger partial charge in [0.2, 0.25) is 0 Å². The molecule has 0 radical (unpaired) electrons. The van der Waals surface area contributed by atoms with Gasteiger partial charge in [0.05, 0.1) is 0 Å². The van der Waals surface area contributed by atoms with Gasteiger partial charge in [0.1, 0.15) is 0 Å². The van der Waals surface area contributed by atoms with Crippen LogP contribution in [0.1, 0.15) is 23.5 Å². The Morgan fingerprint density at radius 3 is 1.84 bits per heavy atom. The Bertz CT molecular complexity index is 2190. The van der Waals surface area contributed by atoms with Gasteiger partial charge in [-0.25, -0.2) is 0 Å². The summed E-state index contributed by atoms with van der Waals surface area (Å²) < 4.78 is 0. The summed E-state index contributed by atoms with van der Waals surface area (Å²) in [5.41, 5.74) is 8.74. The average Bonchev–Trinajstić information content (AvgIpc) is 3.09. The van der Waals surface area contributed by atoms with Gasteiger partial charge in [-0.2, -0.15) is 0 Å². The second-order valence-electron chi connectivity index (χ2n) is 11.8. The van der Waals surface area contributed by atoms with Crippen LogP contribution in [0.3, 0.4) is 0 Å². The van der Waals surface area contributed by atoms with Crippen molar-refractivity contribution in [3.05, 3.63) is 181 Å². The number of allylic oxidation sites excluding steroid dienone is 3. The van der Waals surface area contributed by atoms with Crippen LogP contribution in [0.25, 0.3) is 43.4 Å². The molecule has 0 aromatic heterocycles. The Morgan fingerprint density at radius 2 is 1.16 bits per heavy atom. The second kappa shape index (κ2) is 11.0. The van der Waals surface area contributed by atoms with E-state index < -0.39 is 0 Å². The van der Waals surface area contributed by atoms with Crippen LogP contribution < -0.4 is 4.90 Å². The Labute approximate surface area is 259 Å². The molecule has 0 saturated heterocycles. The minimum absolute atomic E-state index is 0.287. The van der Waals surface area contributed by atoms with E-state index in [4.69, 9.17) is 0 Å². The van der Waals surface area contributed by atoms with Crippen molar-refractivity contribution in [2.45, 2.75) is 19.3 Å². The molecule has 44 heavy (non-hydrogen) atoms. The average molecular weight is 564 g/mol. The lowest BCUT2D eigenvalue weighted by molar-refractivity contribution is 0.848. The SMILES string of the molecule is Cc1ccc(N(C2=CCC(c3cc4cc(-c5ccccc5)c5ccccc5c4c4ccccc34)C=C2)c2ccccc2)cc1. The van der Waals surface area contributed by atoms with Crippen LogP contribution in [0.2, 0.25) is 0 Å². The van der Waals surface area contributed by atoms with E-state index in [2.05, 4.69) is 176 Å². The van der Waals surface area contributed by atoms with E-state index in [0.717, 1.165) is 6.42 Å². The van der Waals surface area contributed by atoms with Crippen molar-refractivity contribution in [2.24, 2.45) is 0 Å². The van der Waals surface area contributed by atoms with Crippen LogP contribution in [0.15, 0.2) is 170 Å². The Kier molecular flexibility index (Phi) is 6.57. The van der Waals surface area contributed by atoms with Crippen molar-refractivity contribution >= 4 is 43.7 Å². The number of hydrogen-bond donors (Lipinski definition) is 0. The molecule has 1 aliphatic rings. The van der Waals surface area contributed by atoms with Gasteiger partial charge >= 0.3 is 0 Å². The third-order valence-corrected chi connectivity index (χ3v) is 9.02. The molecule has 0 saturated carbocycles. The summed E-state index contributed by atoms with van der Waals surface area (Å²) >= 11 is 0. The summed E-state index contributed by atoms with van der Waals surface area (Å²) in [4.78, 5) is 2.36. The van der Waals surface area contributed by atoms with Gasteiger partial charge in [0.25, 0.3) is 0 Å². The summed E-state index contributed by atoms with van der Waals surface area (Å²) in [6, 6.07) is 53.0. The van der Waals surface area contributed by atoms with Crippen molar-refractivity contribution < 1.29 is 0 Å². The minimum Gasteiger partial charge on any atom is -0.311 e. The molecule has 0 heterocycles. The van der Waals surface area contributed by atoms with Gasteiger partial charge < -0.3 is 4.90 Å². The molecule has 0 fully saturated rings. The number of aryl methyl sites for hydroxylation is 1. The number of nitrogens with zero attached hydrogens (tertiary/aromatic N) is 1. The van der Waals surface area contributed by atoms with E-state index in [-0.39, 0.29) is 5.92 Å². The van der Waals surface area contributed by atoms with Crippen molar-refractivity contribution in [3.8, 4) is 11.1 Å². The molecular formula is C43H33N. The lowest BCUT2D eigenvalue weighted by Gasteiger charge is -2.29. The smallest absolute Gasteiger partial charge is 0.0461 e. The fourth-order valence-corrected chi connectivity index (χ4v) is 6.90. The van der Waals surface area contributed by atoms with Gasteiger partial charge in [0.15, 0.2) is 0 Å². The fraction of sp³-hybridized carbons (Fsp3) is 0.0698. The van der Waals surface area contributed by atoms with Crippen molar-refractivity contribution in [1.29, 1.82) is 0 Å². The second-order valence-corrected chi connectivity index (χ2v) is 11.8. The van der Waals surface area contributed by atoms with Crippen molar-refractivity contribution in [3.63, 3.8) is 0 Å². The number of benzene rings is 7. The number of rotatable bonds is 5. The van der Waals surface area contributed by atoms with Crippen LogP contribution in [0, 0.1) is 6.92 Å². The molecule has 210 valence electrons.